The Hall–Kier alpha value is -2.84. The number of hydrogen-bond donors (Lipinski definition) is 2. The van der Waals surface area contributed by atoms with Crippen molar-refractivity contribution in [3.05, 3.63) is 54.1 Å². The molecule has 2 N–H and O–H groups in total. The Balaban J connectivity index is 1.96. The molecule has 2 aromatic rings. The van der Waals surface area contributed by atoms with E-state index in [0.29, 0.717) is 12.2 Å². The highest BCUT2D eigenvalue weighted by Gasteiger charge is 2.02. The maximum Gasteiger partial charge on any atom is 0.246 e. The van der Waals surface area contributed by atoms with Gasteiger partial charge >= 0.3 is 0 Å². The first-order chi connectivity index (χ1) is 10.7. The van der Waals surface area contributed by atoms with Gasteiger partial charge in [0.05, 0.1) is 25.5 Å². The molecule has 5 nitrogen and oxygen atoms in total. The van der Waals surface area contributed by atoms with Gasteiger partial charge in [-0.05, 0) is 28.8 Å². The maximum absolute atomic E-state index is 10.9. The minimum Gasteiger partial charge on any atom is -0.493 e. The normalized spacial score (nSPS) is 9.82. The maximum atomic E-state index is 10.9. The summed E-state index contributed by atoms with van der Waals surface area (Å²) in [6.07, 6.45) is 0.507. The Morgan fingerprint density at radius 1 is 1.09 bits per heavy atom. The summed E-state index contributed by atoms with van der Waals surface area (Å²) in [5, 5.41) is 17.0. The van der Waals surface area contributed by atoms with Gasteiger partial charge in [-0.3, -0.25) is 10.0 Å². The van der Waals surface area contributed by atoms with Gasteiger partial charge in [-0.25, -0.2) is 5.48 Å². The summed E-state index contributed by atoms with van der Waals surface area (Å²) in [6.45, 7) is 0.203. The molecule has 0 aliphatic rings. The molecule has 0 spiro atoms. The van der Waals surface area contributed by atoms with E-state index in [4.69, 9.17) is 15.2 Å². The van der Waals surface area contributed by atoms with Gasteiger partial charge in [0.25, 0.3) is 0 Å². The number of carbonyl (C=O) groups excluding carboxylic acids is 1. The van der Waals surface area contributed by atoms with Crippen LogP contribution in [0.2, 0.25) is 0 Å². The van der Waals surface area contributed by atoms with Crippen molar-refractivity contribution < 1.29 is 14.7 Å². The van der Waals surface area contributed by atoms with Gasteiger partial charge in [-0.2, -0.15) is 5.26 Å². The number of nitrogens with one attached hydrogen (secondary N) is 1. The van der Waals surface area contributed by atoms with Gasteiger partial charge in [-0.1, -0.05) is 36.4 Å². The molecular formula is C17H16N2O3. The minimum absolute atomic E-state index is 0.0958. The zero-order valence-electron chi connectivity index (χ0n) is 12.0. The fourth-order valence-electron chi connectivity index (χ4n) is 1.97. The number of nitrogens with zero attached hydrogens (tertiary/aromatic N) is 1. The molecule has 22 heavy (non-hydrogen) atoms. The van der Waals surface area contributed by atoms with Crippen molar-refractivity contribution in [3.63, 3.8) is 0 Å². The first-order valence-corrected chi connectivity index (χ1v) is 6.85. The van der Waals surface area contributed by atoms with Gasteiger partial charge in [0.1, 0.15) is 5.75 Å². The van der Waals surface area contributed by atoms with E-state index in [1.165, 1.54) is 0 Å². The van der Waals surface area contributed by atoms with Crippen molar-refractivity contribution in [3.8, 4) is 22.9 Å². The molecule has 0 atom stereocenters. The Morgan fingerprint density at radius 2 is 1.68 bits per heavy atom. The SMILES string of the molecule is N#CCc1ccc(-c2ccc(OCCC(=O)NO)cc2)cc1. The lowest BCUT2D eigenvalue weighted by Crippen LogP contribution is -2.20. The minimum atomic E-state index is -0.478. The molecule has 0 aliphatic heterocycles. The first kappa shape index (κ1) is 15.5. The lowest BCUT2D eigenvalue weighted by molar-refractivity contribution is -0.129. The third kappa shape index (κ3) is 4.33. The van der Waals surface area contributed by atoms with Crippen molar-refractivity contribution in [1.82, 2.24) is 5.48 Å². The molecule has 0 saturated heterocycles. The predicted octanol–water partition coefficient (Wildman–Crippen LogP) is 2.69. The van der Waals surface area contributed by atoms with Crippen LogP contribution in [0.3, 0.4) is 0 Å². The average Bonchev–Trinajstić information content (AvgIpc) is 2.56. The van der Waals surface area contributed by atoms with Crippen LogP contribution in [0.5, 0.6) is 5.75 Å². The van der Waals surface area contributed by atoms with Gasteiger partial charge in [-0.15, -0.1) is 0 Å². The number of benzene rings is 2. The fourth-order valence-corrected chi connectivity index (χ4v) is 1.97. The van der Waals surface area contributed by atoms with E-state index in [-0.39, 0.29) is 13.0 Å². The molecule has 0 heterocycles. The Bertz CT molecular complexity index is 658. The van der Waals surface area contributed by atoms with Crippen LogP contribution in [0, 0.1) is 11.3 Å². The molecule has 2 aromatic carbocycles. The standard InChI is InChI=1S/C17H16N2O3/c18-11-9-13-1-3-14(4-2-13)15-5-7-16(8-6-15)22-12-10-17(20)19-21/h1-8,21H,9-10,12H2,(H,19,20). The molecule has 0 unspecified atom stereocenters. The Morgan fingerprint density at radius 3 is 2.23 bits per heavy atom. The highest BCUT2D eigenvalue weighted by molar-refractivity contribution is 5.74. The summed E-state index contributed by atoms with van der Waals surface area (Å²) in [6, 6.07) is 17.5. The molecule has 0 aliphatic carbocycles. The number of amides is 1. The third-order valence-electron chi connectivity index (χ3n) is 3.15. The lowest BCUT2D eigenvalue weighted by Gasteiger charge is -2.07. The highest BCUT2D eigenvalue weighted by Crippen LogP contribution is 2.23. The zero-order valence-corrected chi connectivity index (χ0v) is 12.0. The van der Waals surface area contributed by atoms with E-state index in [1.54, 1.807) is 5.48 Å². The average molecular weight is 296 g/mol. The summed E-state index contributed by atoms with van der Waals surface area (Å²) in [4.78, 5) is 10.9. The Kier molecular flexibility index (Phi) is 5.52. The second-order valence-electron chi connectivity index (χ2n) is 4.69. The van der Waals surface area contributed by atoms with Gasteiger partial charge < -0.3 is 4.74 Å². The number of hydrogen-bond acceptors (Lipinski definition) is 4. The molecule has 2 rings (SSSR count). The van der Waals surface area contributed by atoms with Crippen LogP contribution in [0.25, 0.3) is 11.1 Å². The van der Waals surface area contributed by atoms with Crippen LogP contribution in [0.4, 0.5) is 0 Å². The molecular weight excluding hydrogens is 280 g/mol. The van der Waals surface area contributed by atoms with Crippen molar-refractivity contribution in [2.45, 2.75) is 12.8 Å². The summed E-state index contributed by atoms with van der Waals surface area (Å²) in [5.41, 5.74) is 4.66. The van der Waals surface area contributed by atoms with E-state index >= 15 is 0 Å². The van der Waals surface area contributed by atoms with Crippen molar-refractivity contribution in [2.24, 2.45) is 0 Å². The second-order valence-corrected chi connectivity index (χ2v) is 4.69. The summed E-state index contributed by atoms with van der Waals surface area (Å²) < 4.78 is 5.41. The van der Waals surface area contributed by atoms with Crippen LogP contribution in [-0.2, 0) is 11.2 Å². The number of ether oxygens (including phenoxy) is 1. The number of hydroxylamine groups is 1. The van der Waals surface area contributed by atoms with E-state index in [9.17, 15) is 4.79 Å². The summed E-state index contributed by atoms with van der Waals surface area (Å²) >= 11 is 0. The zero-order chi connectivity index (χ0) is 15.8. The van der Waals surface area contributed by atoms with Crippen molar-refractivity contribution in [2.75, 3.05) is 6.61 Å². The smallest absolute Gasteiger partial charge is 0.246 e. The van der Waals surface area contributed by atoms with Gasteiger partial charge in [0.15, 0.2) is 0 Å². The van der Waals surface area contributed by atoms with Crippen molar-refractivity contribution in [1.29, 1.82) is 5.26 Å². The van der Waals surface area contributed by atoms with Crippen molar-refractivity contribution >= 4 is 5.91 Å². The molecule has 0 aromatic heterocycles. The number of nitriles is 1. The number of carbonyl (C=O) groups is 1. The summed E-state index contributed by atoms with van der Waals surface area (Å²) in [5.74, 6) is 0.185. The van der Waals surface area contributed by atoms with E-state index in [0.717, 1.165) is 16.7 Å². The topological polar surface area (TPSA) is 82.3 Å². The largest absolute Gasteiger partial charge is 0.493 e. The summed E-state index contributed by atoms with van der Waals surface area (Å²) in [7, 11) is 0. The van der Waals surface area contributed by atoms with Gasteiger partial charge in [0.2, 0.25) is 5.91 Å². The monoisotopic (exact) mass is 296 g/mol. The molecule has 0 bridgehead atoms. The number of rotatable bonds is 6. The fraction of sp³-hybridized carbons (Fsp3) is 0.176. The van der Waals surface area contributed by atoms with Crippen LogP contribution < -0.4 is 10.2 Å². The molecule has 112 valence electrons. The van der Waals surface area contributed by atoms with Crippen LogP contribution in [0.1, 0.15) is 12.0 Å². The third-order valence-corrected chi connectivity index (χ3v) is 3.15. The van der Waals surface area contributed by atoms with Crippen LogP contribution in [-0.4, -0.2) is 17.7 Å². The quantitative estimate of drug-likeness (QED) is 0.634. The first-order valence-electron chi connectivity index (χ1n) is 6.85. The molecule has 5 heteroatoms. The van der Waals surface area contributed by atoms with E-state index in [1.807, 2.05) is 48.5 Å². The molecule has 0 saturated carbocycles. The molecule has 0 fully saturated rings. The molecule has 1 amide bonds. The second kappa shape index (κ2) is 7.81. The van der Waals surface area contributed by atoms with E-state index in [2.05, 4.69) is 6.07 Å². The van der Waals surface area contributed by atoms with Crippen LogP contribution >= 0.6 is 0 Å². The highest BCUT2D eigenvalue weighted by atomic mass is 16.5. The van der Waals surface area contributed by atoms with E-state index < -0.39 is 5.91 Å². The van der Waals surface area contributed by atoms with Crippen LogP contribution in [0.15, 0.2) is 48.5 Å². The predicted molar refractivity (Wildman–Crippen MR) is 81.2 cm³/mol. The lowest BCUT2D eigenvalue weighted by atomic mass is 10.0. The Labute approximate surface area is 128 Å². The van der Waals surface area contributed by atoms with Gasteiger partial charge in [0, 0.05) is 0 Å². The molecule has 0 radical (unpaired) electrons.